The summed E-state index contributed by atoms with van der Waals surface area (Å²) in [5, 5.41) is 1.48. The van der Waals surface area contributed by atoms with Gasteiger partial charge in [0.1, 0.15) is 12.2 Å². The fourth-order valence-corrected chi connectivity index (χ4v) is 11.4. The molecule has 12 nitrogen and oxygen atoms in total. The normalized spacial score (nSPS) is 16.5. The second-order valence-corrected chi connectivity index (χ2v) is 21.6. The third-order valence-electron chi connectivity index (χ3n) is 14.2. The number of carbonyl (C=O) groups excluding carboxylic acids is 2. The molecule has 4 aromatic carbocycles. The van der Waals surface area contributed by atoms with Crippen molar-refractivity contribution in [2.24, 2.45) is 11.8 Å². The Bertz CT molecular complexity index is 2880. The molecule has 0 saturated heterocycles. The molecule has 4 heterocycles. The maximum atomic E-state index is 12.8. The molecule has 10 rings (SSSR count). The Morgan fingerprint density at radius 2 is 1.03 bits per heavy atom. The number of rotatable bonds is 14. The Kier molecular flexibility index (Phi) is 15.5. The number of hydrogen-bond donors (Lipinski definition) is 2. The number of ether oxygens (including phenoxy) is 2. The number of ketones is 2. The van der Waals surface area contributed by atoms with E-state index in [0.717, 1.165) is 75.8 Å². The van der Waals surface area contributed by atoms with Gasteiger partial charge in [-0.15, -0.1) is 0 Å². The van der Waals surface area contributed by atoms with E-state index < -0.39 is 12.2 Å². The number of benzene rings is 4. The number of aryl methyl sites for hydroxylation is 2. The van der Waals surface area contributed by atoms with Crippen molar-refractivity contribution in [3.8, 4) is 34.3 Å². The molecule has 2 aliphatic carbocycles. The van der Waals surface area contributed by atoms with Crippen LogP contribution in [0.4, 0.5) is 11.6 Å². The van der Waals surface area contributed by atoms with Crippen LogP contribution < -0.4 is 20.9 Å². The van der Waals surface area contributed by atoms with Crippen molar-refractivity contribution < 1.29 is 19.1 Å². The minimum atomic E-state index is -0.593. The number of hydrogen-bond acceptors (Lipinski definition) is 12. The molecule has 4 aliphatic rings. The zero-order valence-corrected chi connectivity index (χ0v) is 44.6. The summed E-state index contributed by atoms with van der Waals surface area (Å²) in [4.78, 5) is 48.2. The summed E-state index contributed by atoms with van der Waals surface area (Å²) in [5.41, 5.74) is 25.5. The molecule has 2 aromatic heterocycles. The molecular formula is C56H60Cl4N8O4. The fourth-order valence-electron chi connectivity index (χ4n) is 9.79. The van der Waals surface area contributed by atoms with Crippen LogP contribution in [-0.4, -0.2) is 68.5 Å². The van der Waals surface area contributed by atoms with Crippen LogP contribution in [0, 0.1) is 25.7 Å². The Balaban J connectivity index is 0.000000178. The van der Waals surface area contributed by atoms with Crippen molar-refractivity contribution in [3.05, 3.63) is 137 Å². The molecule has 2 saturated carbocycles. The lowest BCUT2D eigenvalue weighted by Gasteiger charge is -2.27. The Hall–Kier alpha value is -5.34. The zero-order chi connectivity index (χ0) is 51.1. The molecule has 0 unspecified atom stereocenters. The van der Waals surface area contributed by atoms with Crippen LogP contribution in [0.25, 0.3) is 22.5 Å². The Morgan fingerprint density at radius 1 is 0.639 bits per heavy atom. The predicted octanol–water partition coefficient (Wildman–Crippen LogP) is 12.9. The smallest absolute Gasteiger partial charge is 0.258 e. The summed E-state index contributed by atoms with van der Waals surface area (Å²) >= 11 is 26.4. The Labute approximate surface area is 441 Å². The van der Waals surface area contributed by atoms with E-state index in [4.69, 9.17) is 77.3 Å². The van der Waals surface area contributed by atoms with Crippen LogP contribution in [0.5, 0.6) is 11.8 Å². The first-order valence-corrected chi connectivity index (χ1v) is 26.2. The highest BCUT2D eigenvalue weighted by Crippen LogP contribution is 2.42. The van der Waals surface area contributed by atoms with Crippen LogP contribution in [-0.2, 0) is 25.9 Å². The first-order valence-electron chi connectivity index (χ1n) is 24.6. The molecular weight excluding hydrogens is 990 g/mol. The standard InChI is InChI=1S/2C28H30Cl2N4O2/c2*1-15-10-18(12-19-14-34(3)9-8-20(15)19)23-13-32-27(31)28(33-23)36-16(2)25-22(29)7-6-21(26(25)30)24(35)11-17-4-5-17/h2*6-7,10,12-13,16-17H,4-5,8-9,11,14H2,1-3H3,(H2,31,32)/t2*16-/m10/s1. The highest BCUT2D eigenvalue weighted by atomic mass is 35.5. The Morgan fingerprint density at radius 3 is 1.40 bits per heavy atom. The lowest BCUT2D eigenvalue weighted by atomic mass is 9.92. The van der Waals surface area contributed by atoms with Crippen molar-refractivity contribution >= 4 is 69.6 Å². The third kappa shape index (κ3) is 11.5. The first kappa shape index (κ1) is 51.6. The number of halogens is 4. The lowest BCUT2D eigenvalue weighted by molar-refractivity contribution is 0.0967. The fraction of sp³-hybridized carbons (Fsp3) is 0.393. The maximum absolute atomic E-state index is 12.8. The quantitative estimate of drug-likeness (QED) is 0.0995. The van der Waals surface area contributed by atoms with Gasteiger partial charge in [-0.1, -0.05) is 46.4 Å². The topological polar surface area (TPSA) is 163 Å². The largest absolute Gasteiger partial charge is 0.467 e. The summed E-state index contributed by atoms with van der Waals surface area (Å²) < 4.78 is 12.3. The summed E-state index contributed by atoms with van der Waals surface area (Å²) in [6.07, 6.45) is 9.62. The SMILES string of the molecule is Cc1cc(-c2cnc(N)c(O[C@@H](C)c3c(Cl)ccc(C(=O)CC4CC4)c3Cl)n2)cc2c1CCN(C)C2.Cc1cc(-c2cnc(N)c(O[C@H](C)c3c(Cl)ccc(C(=O)CC4CC4)c3Cl)n2)cc2c1CCN(C)C2. The molecule has 16 heteroatoms. The summed E-state index contributed by atoms with van der Waals surface area (Å²) in [6, 6.07) is 15.4. The van der Waals surface area contributed by atoms with E-state index in [0.29, 0.717) is 78.4 Å². The number of nitrogens with zero attached hydrogens (tertiary/aromatic N) is 6. The van der Waals surface area contributed by atoms with Gasteiger partial charge in [0.2, 0.25) is 0 Å². The van der Waals surface area contributed by atoms with E-state index >= 15 is 0 Å². The molecule has 2 fully saturated rings. The van der Waals surface area contributed by atoms with Crippen molar-refractivity contribution in [3.63, 3.8) is 0 Å². The van der Waals surface area contributed by atoms with Gasteiger partial charge in [0.05, 0.1) is 33.8 Å². The number of likely N-dealkylation sites (N-methyl/N-ethyl adjacent to an activating group) is 2. The van der Waals surface area contributed by atoms with Crippen molar-refractivity contribution in [1.82, 2.24) is 29.7 Å². The average molecular weight is 1050 g/mol. The number of carbonyl (C=O) groups is 2. The molecule has 2 atom stereocenters. The van der Waals surface area contributed by atoms with E-state index in [2.05, 4.69) is 72.0 Å². The number of Topliss-reactive ketones (excluding diaryl/α,β-unsaturated/α-hetero) is 2. The van der Waals surface area contributed by atoms with Gasteiger partial charge in [-0.05, 0) is 174 Å². The van der Waals surface area contributed by atoms with Gasteiger partial charge in [-0.25, -0.2) is 19.9 Å². The molecule has 376 valence electrons. The molecule has 72 heavy (non-hydrogen) atoms. The van der Waals surface area contributed by atoms with E-state index in [1.54, 1.807) is 36.7 Å². The van der Waals surface area contributed by atoms with Gasteiger partial charge in [-0.2, -0.15) is 0 Å². The number of aromatic nitrogens is 4. The summed E-state index contributed by atoms with van der Waals surface area (Å²) in [7, 11) is 4.26. The minimum Gasteiger partial charge on any atom is -0.467 e. The number of nitrogen functional groups attached to an aromatic ring is 2. The zero-order valence-electron chi connectivity index (χ0n) is 41.6. The van der Waals surface area contributed by atoms with Crippen LogP contribution in [0.3, 0.4) is 0 Å². The highest BCUT2D eigenvalue weighted by molar-refractivity contribution is 6.39. The molecule has 0 spiro atoms. The van der Waals surface area contributed by atoms with Gasteiger partial charge >= 0.3 is 0 Å². The molecule has 4 N–H and O–H groups in total. The molecule has 2 aliphatic heterocycles. The number of nitrogens with two attached hydrogens (primary N) is 2. The number of fused-ring (bicyclic) bond motifs is 2. The average Bonchev–Trinajstić information content (AvgIpc) is 4.29. The summed E-state index contributed by atoms with van der Waals surface area (Å²) in [5.74, 6) is 1.74. The van der Waals surface area contributed by atoms with Crippen molar-refractivity contribution in [1.29, 1.82) is 0 Å². The van der Waals surface area contributed by atoms with Gasteiger partial charge in [0.25, 0.3) is 11.8 Å². The van der Waals surface area contributed by atoms with Gasteiger partial charge < -0.3 is 30.7 Å². The van der Waals surface area contributed by atoms with Crippen LogP contribution in [0.15, 0.2) is 60.9 Å². The van der Waals surface area contributed by atoms with Crippen molar-refractivity contribution in [2.75, 3.05) is 38.7 Å². The molecule has 0 amide bonds. The second kappa shape index (κ2) is 21.6. The predicted molar refractivity (Wildman–Crippen MR) is 288 cm³/mol. The maximum Gasteiger partial charge on any atom is 0.258 e. The van der Waals surface area contributed by atoms with Gasteiger partial charge in [0.15, 0.2) is 23.2 Å². The van der Waals surface area contributed by atoms with Crippen molar-refractivity contribution in [2.45, 2.75) is 104 Å². The van der Waals surface area contributed by atoms with Crippen LogP contribution >= 0.6 is 46.4 Å². The van der Waals surface area contributed by atoms with Gasteiger partial charge in [-0.3, -0.25) is 9.59 Å². The van der Waals surface area contributed by atoms with Gasteiger partial charge in [0, 0.05) is 82.4 Å². The van der Waals surface area contributed by atoms with E-state index in [1.807, 2.05) is 13.8 Å². The third-order valence-corrected chi connectivity index (χ3v) is 15.7. The van der Waals surface area contributed by atoms with Crippen LogP contribution in [0.2, 0.25) is 20.1 Å². The molecule has 6 aromatic rings. The monoisotopic (exact) mass is 1050 g/mol. The van der Waals surface area contributed by atoms with E-state index in [1.165, 1.54) is 33.4 Å². The molecule has 0 bridgehead atoms. The second-order valence-electron chi connectivity index (χ2n) is 20.0. The minimum absolute atomic E-state index is 0.0299. The first-order chi connectivity index (χ1) is 34.4. The highest BCUT2D eigenvalue weighted by Gasteiger charge is 2.30. The summed E-state index contributed by atoms with van der Waals surface area (Å²) in [6.45, 7) is 11.8. The van der Waals surface area contributed by atoms with E-state index in [-0.39, 0.29) is 35.0 Å². The van der Waals surface area contributed by atoms with Crippen LogP contribution in [0.1, 0.15) is 130 Å². The molecule has 0 radical (unpaired) electrons. The van der Waals surface area contributed by atoms with E-state index in [9.17, 15) is 9.59 Å². The number of anilines is 2. The lowest BCUT2D eigenvalue weighted by Crippen LogP contribution is -2.27.